The predicted octanol–water partition coefficient (Wildman–Crippen LogP) is -1.66. The molecule has 0 aromatic heterocycles. The lowest BCUT2D eigenvalue weighted by Crippen LogP contribution is -2.80. The molecule has 0 saturated carbocycles. The largest absolute Gasteiger partial charge is 0.394 e. The zero-order chi connectivity index (χ0) is 13.0. The van der Waals surface area contributed by atoms with Crippen molar-refractivity contribution in [2.45, 2.75) is 56.4 Å². The smallest absolute Gasteiger partial charge is 0.195 e. The Morgan fingerprint density at radius 3 is 1.75 bits per heavy atom. The van der Waals surface area contributed by atoms with E-state index in [9.17, 15) is 20.4 Å². The highest BCUT2D eigenvalue weighted by Crippen LogP contribution is 2.47. The molecule has 96 valence electrons. The van der Waals surface area contributed by atoms with Crippen LogP contribution in [0, 0.1) is 0 Å². The van der Waals surface area contributed by atoms with Gasteiger partial charge in [-0.15, -0.1) is 0 Å². The fourth-order valence-corrected chi connectivity index (χ4v) is 1.98. The number of aliphatic hydroxyl groups is 5. The molecule has 0 aromatic rings. The van der Waals surface area contributed by atoms with Crippen molar-refractivity contribution in [3.8, 4) is 0 Å². The zero-order valence-electron chi connectivity index (χ0n) is 9.93. The Kier molecular flexibility index (Phi) is 2.92. The van der Waals surface area contributed by atoms with Crippen molar-refractivity contribution in [1.82, 2.24) is 0 Å². The van der Waals surface area contributed by atoms with Crippen LogP contribution in [0.3, 0.4) is 0 Å². The third kappa shape index (κ3) is 1.42. The summed E-state index contributed by atoms with van der Waals surface area (Å²) in [4.78, 5) is 0. The molecule has 1 aliphatic rings. The van der Waals surface area contributed by atoms with E-state index in [-0.39, 0.29) is 0 Å². The van der Waals surface area contributed by atoms with E-state index in [1.165, 1.54) is 20.8 Å². The first-order valence-electron chi connectivity index (χ1n) is 5.10. The van der Waals surface area contributed by atoms with Gasteiger partial charge in [0, 0.05) is 0 Å². The molecule has 1 saturated heterocycles. The van der Waals surface area contributed by atoms with E-state index >= 15 is 0 Å². The molecular weight excluding hydrogens is 216 g/mol. The van der Waals surface area contributed by atoms with Crippen molar-refractivity contribution in [3.63, 3.8) is 0 Å². The average molecular weight is 236 g/mol. The molecule has 5 atom stereocenters. The van der Waals surface area contributed by atoms with E-state index in [0.717, 1.165) is 6.92 Å². The molecule has 6 nitrogen and oxygen atoms in total. The van der Waals surface area contributed by atoms with Crippen LogP contribution in [0.25, 0.3) is 0 Å². The normalized spacial score (nSPS) is 58.7. The SMILES string of the molecule is C[C@]1(O)[C@@](C)(O)[C@](C)(O)[C@H](CO)O[C@@]1(C)O. The Bertz CT molecular complexity index is 281. The second-order valence-corrected chi connectivity index (χ2v) is 5.06. The molecule has 1 heterocycles. The first-order valence-corrected chi connectivity index (χ1v) is 5.10. The predicted molar refractivity (Wildman–Crippen MR) is 54.5 cm³/mol. The minimum absolute atomic E-state index is 0.588. The van der Waals surface area contributed by atoms with E-state index in [2.05, 4.69) is 0 Å². The molecule has 0 aromatic carbocycles. The second kappa shape index (κ2) is 3.38. The van der Waals surface area contributed by atoms with Crippen LogP contribution < -0.4 is 0 Å². The van der Waals surface area contributed by atoms with Gasteiger partial charge in [-0.1, -0.05) is 0 Å². The van der Waals surface area contributed by atoms with Crippen molar-refractivity contribution in [1.29, 1.82) is 0 Å². The minimum Gasteiger partial charge on any atom is -0.394 e. The number of hydrogen-bond donors (Lipinski definition) is 5. The molecule has 6 heteroatoms. The Labute approximate surface area is 94.1 Å². The van der Waals surface area contributed by atoms with Crippen LogP contribution in [-0.2, 0) is 4.74 Å². The van der Waals surface area contributed by atoms with E-state index in [4.69, 9.17) is 9.84 Å². The maximum absolute atomic E-state index is 10.2. The Morgan fingerprint density at radius 2 is 1.38 bits per heavy atom. The molecule has 0 amide bonds. The summed E-state index contributed by atoms with van der Waals surface area (Å²) in [6.45, 7) is 4.16. The van der Waals surface area contributed by atoms with E-state index in [1.54, 1.807) is 0 Å². The van der Waals surface area contributed by atoms with Gasteiger partial charge in [-0.2, -0.15) is 0 Å². The van der Waals surface area contributed by atoms with Crippen LogP contribution in [0.15, 0.2) is 0 Å². The lowest BCUT2D eigenvalue weighted by atomic mass is 9.65. The molecule has 0 bridgehead atoms. The molecule has 0 radical (unpaired) electrons. The van der Waals surface area contributed by atoms with Gasteiger partial charge >= 0.3 is 0 Å². The van der Waals surface area contributed by atoms with Crippen molar-refractivity contribution in [3.05, 3.63) is 0 Å². The third-order valence-electron chi connectivity index (χ3n) is 4.00. The standard InChI is InChI=1S/C10H20O6/c1-7(12)6(5-11)16-10(4,15)9(3,14)8(7,2)13/h6,11-15H,5H2,1-4H3/t6-,7+,8-,9-,10+/m0/s1. The van der Waals surface area contributed by atoms with Crippen molar-refractivity contribution in [2.75, 3.05) is 6.61 Å². The van der Waals surface area contributed by atoms with E-state index in [1.807, 2.05) is 0 Å². The van der Waals surface area contributed by atoms with Crippen molar-refractivity contribution >= 4 is 0 Å². The molecule has 16 heavy (non-hydrogen) atoms. The zero-order valence-corrected chi connectivity index (χ0v) is 9.93. The van der Waals surface area contributed by atoms with Crippen LogP contribution >= 0.6 is 0 Å². The molecule has 0 aliphatic carbocycles. The van der Waals surface area contributed by atoms with Gasteiger partial charge in [-0.25, -0.2) is 0 Å². The van der Waals surface area contributed by atoms with Gasteiger partial charge < -0.3 is 30.3 Å². The monoisotopic (exact) mass is 236 g/mol. The molecule has 1 aliphatic heterocycles. The van der Waals surface area contributed by atoms with Gasteiger partial charge in [0.25, 0.3) is 0 Å². The van der Waals surface area contributed by atoms with Crippen molar-refractivity contribution in [2.24, 2.45) is 0 Å². The molecule has 1 rings (SSSR count). The highest BCUT2D eigenvalue weighted by molar-refractivity contribution is 5.16. The summed E-state index contributed by atoms with van der Waals surface area (Å²) in [5.74, 6) is -2.08. The van der Waals surface area contributed by atoms with Crippen LogP contribution in [0.4, 0.5) is 0 Å². The summed E-state index contributed by atoms with van der Waals surface area (Å²) >= 11 is 0. The molecule has 0 spiro atoms. The van der Waals surface area contributed by atoms with Gasteiger partial charge in [0.05, 0.1) is 6.61 Å². The average Bonchev–Trinajstić information content (AvgIpc) is 2.11. The fraction of sp³-hybridized carbons (Fsp3) is 1.00. The summed E-state index contributed by atoms with van der Waals surface area (Å²) in [6.07, 6.45) is -1.20. The second-order valence-electron chi connectivity index (χ2n) is 5.06. The summed E-state index contributed by atoms with van der Waals surface area (Å²) in [6, 6.07) is 0. The Balaban J connectivity index is 3.30. The quantitative estimate of drug-likeness (QED) is 0.373. The van der Waals surface area contributed by atoms with Gasteiger partial charge in [0.15, 0.2) is 5.79 Å². The maximum atomic E-state index is 10.2. The third-order valence-corrected chi connectivity index (χ3v) is 4.00. The van der Waals surface area contributed by atoms with Gasteiger partial charge in [0.2, 0.25) is 0 Å². The molecule has 1 fully saturated rings. The highest BCUT2D eigenvalue weighted by Gasteiger charge is 2.69. The lowest BCUT2D eigenvalue weighted by Gasteiger charge is -2.60. The Morgan fingerprint density at radius 1 is 0.938 bits per heavy atom. The molecular formula is C10H20O6. The Hall–Kier alpha value is -0.240. The van der Waals surface area contributed by atoms with Gasteiger partial charge in [-0.05, 0) is 27.7 Å². The molecule has 5 N–H and O–H groups in total. The summed E-state index contributed by atoms with van der Waals surface area (Å²) in [5.41, 5.74) is -6.03. The number of ether oxygens (including phenoxy) is 1. The number of aliphatic hydroxyl groups excluding tert-OH is 1. The maximum Gasteiger partial charge on any atom is 0.195 e. The number of hydrogen-bond acceptors (Lipinski definition) is 6. The minimum atomic E-state index is -2.09. The summed E-state index contributed by atoms with van der Waals surface area (Å²) in [7, 11) is 0. The van der Waals surface area contributed by atoms with Gasteiger partial charge in [-0.3, -0.25) is 0 Å². The fourth-order valence-electron chi connectivity index (χ4n) is 1.98. The molecule has 0 unspecified atom stereocenters. The van der Waals surface area contributed by atoms with E-state index in [0.29, 0.717) is 0 Å². The highest BCUT2D eigenvalue weighted by atomic mass is 16.7. The summed E-state index contributed by atoms with van der Waals surface area (Å²) < 4.78 is 5.03. The van der Waals surface area contributed by atoms with E-state index < -0.39 is 35.3 Å². The summed E-state index contributed by atoms with van der Waals surface area (Å²) in [5, 5.41) is 49.4. The van der Waals surface area contributed by atoms with Crippen LogP contribution in [0.1, 0.15) is 27.7 Å². The topological polar surface area (TPSA) is 110 Å². The number of rotatable bonds is 1. The first-order chi connectivity index (χ1) is 6.92. The van der Waals surface area contributed by atoms with Crippen LogP contribution in [0.5, 0.6) is 0 Å². The van der Waals surface area contributed by atoms with Crippen molar-refractivity contribution < 1.29 is 30.3 Å². The lowest BCUT2D eigenvalue weighted by molar-refractivity contribution is -0.423. The van der Waals surface area contributed by atoms with Crippen LogP contribution in [-0.4, -0.2) is 60.8 Å². The first kappa shape index (κ1) is 13.8. The van der Waals surface area contributed by atoms with Crippen LogP contribution in [0.2, 0.25) is 0 Å². The van der Waals surface area contributed by atoms with Gasteiger partial charge in [0.1, 0.15) is 22.9 Å².